The summed E-state index contributed by atoms with van der Waals surface area (Å²) >= 11 is 0. The van der Waals surface area contributed by atoms with Gasteiger partial charge in [0.05, 0.1) is 16.2 Å². The zero-order valence-electron chi connectivity index (χ0n) is 12.7. The third-order valence-electron chi connectivity index (χ3n) is 4.25. The van der Waals surface area contributed by atoms with Crippen molar-refractivity contribution in [3.05, 3.63) is 27.8 Å². The number of anilines is 2. The van der Waals surface area contributed by atoms with Crippen LogP contribution in [0.25, 0.3) is 0 Å². The molecule has 2 fully saturated rings. The molecule has 0 atom stereocenters. The van der Waals surface area contributed by atoms with Crippen LogP contribution in [0.4, 0.5) is 17.1 Å². The van der Waals surface area contributed by atoms with E-state index in [0.717, 1.165) is 12.1 Å². The minimum Gasteiger partial charge on any atom is -0.478 e. The lowest BCUT2D eigenvalue weighted by molar-refractivity contribution is -0.384. The van der Waals surface area contributed by atoms with Crippen molar-refractivity contribution in [3.63, 3.8) is 0 Å². The average Bonchev–Trinajstić information content (AvgIpc) is 3.14. The summed E-state index contributed by atoms with van der Waals surface area (Å²) < 4.78 is 0. The first-order valence-electron chi connectivity index (χ1n) is 7.56. The van der Waals surface area contributed by atoms with Gasteiger partial charge in [0.15, 0.2) is 0 Å². The van der Waals surface area contributed by atoms with Crippen LogP contribution in [-0.2, 0) is 9.59 Å². The second kappa shape index (κ2) is 5.91. The molecule has 0 unspecified atom stereocenters. The highest BCUT2D eigenvalue weighted by Gasteiger charge is 2.34. The summed E-state index contributed by atoms with van der Waals surface area (Å²) in [4.78, 5) is 48.7. The van der Waals surface area contributed by atoms with Crippen molar-refractivity contribution in [1.82, 2.24) is 0 Å². The summed E-state index contributed by atoms with van der Waals surface area (Å²) in [6.45, 7) is 0.624. The summed E-state index contributed by atoms with van der Waals surface area (Å²) in [5.41, 5.74) is -0.613. The van der Waals surface area contributed by atoms with Crippen LogP contribution in [0.1, 0.15) is 36.0 Å². The number of carboxylic acids is 1. The molecule has 24 heavy (non-hydrogen) atoms. The molecule has 0 radical (unpaired) electrons. The van der Waals surface area contributed by atoms with E-state index in [0.29, 0.717) is 25.9 Å². The fourth-order valence-corrected chi connectivity index (χ4v) is 3.13. The van der Waals surface area contributed by atoms with Crippen molar-refractivity contribution in [3.8, 4) is 0 Å². The van der Waals surface area contributed by atoms with Gasteiger partial charge in [-0.1, -0.05) is 0 Å². The molecule has 0 bridgehead atoms. The Morgan fingerprint density at radius 3 is 2.00 bits per heavy atom. The third kappa shape index (κ3) is 2.57. The SMILES string of the molecule is O=C(O)c1cc(N2CCCC2=O)c([N+](=O)[O-])cc1N1CCCC1=O. The third-order valence-corrected chi connectivity index (χ3v) is 4.25. The maximum atomic E-state index is 11.9. The van der Waals surface area contributed by atoms with Gasteiger partial charge in [-0.25, -0.2) is 4.79 Å². The van der Waals surface area contributed by atoms with Crippen molar-refractivity contribution < 1.29 is 24.4 Å². The number of nitro benzene ring substituents is 1. The number of hydrogen-bond donors (Lipinski definition) is 1. The molecule has 0 saturated carbocycles. The molecule has 2 amide bonds. The number of carbonyl (C=O) groups is 3. The molecule has 1 aromatic rings. The van der Waals surface area contributed by atoms with E-state index in [4.69, 9.17) is 0 Å². The van der Waals surface area contributed by atoms with Gasteiger partial charge in [-0.05, 0) is 18.9 Å². The largest absolute Gasteiger partial charge is 0.478 e. The topological polar surface area (TPSA) is 121 Å². The summed E-state index contributed by atoms with van der Waals surface area (Å²) in [5, 5.41) is 20.9. The molecular weight excluding hydrogens is 318 g/mol. The maximum Gasteiger partial charge on any atom is 0.337 e. The van der Waals surface area contributed by atoms with Gasteiger partial charge >= 0.3 is 5.97 Å². The van der Waals surface area contributed by atoms with E-state index in [1.165, 1.54) is 9.80 Å². The number of carbonyl (C=O) groups excluding carboxylic acids is 2. The first-order valence-corrected chi connectivity index (χ1v) is 7.56. The summed E-state index contributed by atoms with van der Waals surface area (Å²) in [5.74, 6) is -1.84. The molecule has 9 nitrogen and oxygen atoms in total. The second-order valence-corrected chi connectivity index (χ2v) is 5.72. The van der Waals surface area contributed by atoms with Crippen LogP contribution in [-0.4, -0.2) is 40.9 Å². The highest BCUT2D eigenvalue weighted by molar-refractivity contribution is 6.06. The Bertz CT molecular complexity index is 696. The van der Waals surface area contributed by atoms with Gasteiger partial charge in [0.2, 0.25) is 11.8 Å². The van der Waals surface area contributed by atoms with Crippen LogP contribution >= 0.6 is 0 Å². The number of nitro groups is 1. The van der Waals surface area contributed by atoms with Crippen LogP contribution < -0.4 is 9.80 Å². The molecule has 2 saturated heterocycles. The molecule has 126 valence electrons. The van der Waals surface area contributed by atoms with Crippen LogP contribution in [0.15, 0.2) is 12.1 Å². The molecule has 1 aromatic carbocycles. The van der Waals surface area contributed by atoms with Gasteiger partial charge in [-0.15, -0.1) is 0 Å². The van der Waals surface area contributed by atoms with E-state index in [9.17, 15) is 29.6 Å². The fraction of sp³-hybridized carbons (Fsp3) is 0.400. The fourth-order valence-electron chi connectivity index (χ4n) is 3.13. The normalized spacial score (nSPS) is 17.7. The number of benzene rings is 1. The molecule has 0 aromatic heterocycles. The predicted molar refractivity (Wildman–Crippen MR) is 83.2 cm³/mol. The van der Waals surface area contributed by atoms with Gasteiger partial charge in [-0.2, -0.15) is 0 Å². The minimum atomic E-state index is -1.30. The van der Waals surface area contributed by atoms with Crippen LogP contribution in [0.2, 0.25) is 0 Å². The Labute approximate surface area is 136 Å². The van der Waals surface area contributed by atoms with Crippen LogP contribution in [0, 0.1) is 10.1 Å². The van der Waals surface area contributed by atoms with Crippen LogP contribution in [0.5, 0.6) is 0 Å². The number of aromatic carboxylic acids is 1. The van der Waals surface area contributed by atoms with E-state index in [1.54, 1.807) is 0 Å². The van der Waals surface area contributed by atoms with Crippen molar-refractivity contribution in [2.24, 2.45) is 0 Å². The Hall–Kier alpha value is -2.97. The van der Waals surface area contributed by atoms with E-state index in [1.807, 2.05) is 0 Å². The number of rotatable bonds is 4. The summed E-state index contributed by atoms with van der Waals surface area (Å²) in [6, 6.07) is 2.22. The highest BCUT2D eigenvalue weighted by Crippen LogP contribution is 2.38. The second-order valence-electron chi connectivity index (χ2n) is 5.72. The summed E-state index contributed by atoms with van der Waals surface area (Å²) in [6.07, 6.45) is 1.67. The van der Waals surface area contributed by atoms with Crippen molar-refractivity contribution in [1.29, 1.82) is 0 Å². The Morgan fingerprint density at radius 2 is 1.58 bits per heavy atom. The molecule has 2 aliphatic heterocycles. The van der Waals surface area contributed by atoms with Crippen molar-refractivity contribution >= 4 is 34.8 Å². The Balaban J connectivity index is 2.18. The van der Waals surface area contributed by atoms with E-state index >= 15 is 0 Å². The number of amides is 2. The Kier molecular flexibility index (Phi) is 3.92. The monoisotopic (exact) mass is 333 g/mol. The van der Waals surface area contributed by atoms with E-state index in [2.05, 4.69) is 0 Å². The van der Waals surface area contributed by atoms with Gasteiger partial charge in [0, 0.05) is 32.0 Å². The lowest BCUT2D eigenvalue weighted by atomic mass is 10.1. The molecule has 2 aliphatic rings. The molecular formula is C15H15N3O6. The first-order chi connectivity index (χ1) is 11.4. The molecule has 0 aliphatic carbocycles. The molecule has 9 heteroatoms. The Morgan fingerprint density at radius 1 is 1.04 bits per heavy atom. The quantitative estimate of drug-likeness (QED) is 0.659. The van der Waals surface area contributed by atoms with Crippen molar-refractivity contribution in [2.75, 3.05) is 22.9 Å². The van der Waals surface area contributed by atoms with Crippen LogP contribution in [0.3, 0.4) is 0 Å². The van der Waals surface area contributed by atoms with Gasteiger partial charge in [-0.3, -0.25) is 19.7 Å². The number of nitrogens with zero attached hydrogens (tertiary/aromatic N) is 3. The van der Waals surface area contributed by atoms with Gasteiger partial charge < -0.3 is 14.9 Å². The molecule has 3 rings (SSSR count). The van der Waals surface area contributed by atoms with E-state index < -0.39 is 10.9 Å². The average molecular weight is 333 g/mol. The lowest BCUT2D eigenvalue weighted by Gasteiger charge is -2.21. The minimum absolute atomic E-state index is 0.00657. The highest BCUT2D eigenvalue weighted by atomic mass is 16.6. The van der Waals surface area contributed by atoms with Gasteiger partial charge in [0.1, 0.15) is 5.69 Å². The molecule has 0 spiro atoms. The smallest absolute Gasteiger partial charge is 0.337 e. The van der Waals surface area contributed by atoms with Crippen molar-refractivity contribution in [2.45, 2.75) is 25.7 Å². The standard InChI is InChI=1S/C15H15N3O6/c19-13-3-1-5-16(13)10-8-12(18(23)24)11(7-9(10)15(21)22)17-6-2-4-14(17)20/h7-8H,1-6H2,(H,21,22). The summed E-state index contributed by atoms with van der Waals surface area (Å²) in [7, 11) is 0. The maximum absolute atomic E-state index is 11.9. The zero-order valence-corrected chi connectivity index (χ0v) is 12.7. The number of hydrogen-bond acceptors (Lipinski definition) is 5. The van der Waals surface area contributed by atoms with Gasteiger partial charge in [0.25, 0.3) is 5.69 Å². The lowest BCUT2D eigenvalue weighted by Crippen LogP contribution is -2.28. The predicted octanol–water partition coefficient (Wildman–Crippen LogP) is 1.55. The molecule has 2 heterocycles. The zero-order chi connectivity index (χ0) is 17.4. The molecule has 1 N–H and O–H groups in total. The van der Waals surface area contributed by atoms with E-state index in [-0.39, 0.29) is 47.3 Å². The number of carboxylic acid groups (broad SMARTS) is 1. The first kappa shape index (κ1) is 15.9.